The number of benzene rings is 2. The predicted molar refractivity (Wildman–Crippen MR) is 138 cm³/mol. The molecule has 2 aromatic carbocycles. The van der Waals surface area contributed by atoms with E-state index >= 15 is 0 Å². The normalized spacial score (nSPS) is 9.92. The van der Waals surface area contributed by atoms with Gasteiger partial charge in [0.15, 0.2) is 0 Å². The van der Waals surface area contributed by atoms with E-state index in [2.05, 4.69) is 98.0 Å². The average Bonchev–Trinajstić information content (AvgIpc) is 3.51. The summed E-state index contributed by atoms with van der Waals surface area (Å²) >= 11 is 0. The van der Waals surface area contributed by atoms with Crippen LogP contribution in [0.4, 0.5) is 0 Å². The van der Waals surface area contributed by atoms with E-state index < -0.39 is 0 Å². The Morgan fingerprint density at radius 2 is 1.11 bits per heavy atom. The van der Waals surface area contributed by atoms with E-state index in [0.29, 0.717) is 0 Å². The van der Waals surface area contributed by atoms with Gasteiger partial charge < -0.3 is 8.96 Å². The first-order valence-corrected chi connectivity index (χ1v) is 11.3. The average molecular weight is 465 g/mol. The maximum absolute atomic E-state index is 5.96. The van der Waals surface area contributed by atoms with Crippen LogP contribution in [0.1, 0.15) is 13.8 Å². The summed E-state index contributed by atoms with van der Waals surface area (Å²) < 4.78 is 4.63. The fraction of sp³-hybridized carbons (Fsp3) is 0.0714. The van der Waals surface area contributed by atoms with Gasteiger partial charge in [0.05, 0.1) is 37.0 Å². The predicted octanol–water partition coefficient (Wildman–Crippen LogP) is -2.27. The number of nitrogens with one attached hydrogen (secondary N) is 4. The van der Waals surface area contributed by atoms with E-state index in [4.69, 9.17) is 10.5 Å². The van der Waals surface area contributed by atoms with Crippen LogP contribution in [0, 0.1) is 12.1 Å². The van der Waals surface area contributed by atoms with Gasteiger partial charge in [-0.2, -0.15) is 0 Å². The molecule has 4 heterocycles. The standard InChI is InChI=1S/C24H17BN4.2C2H3N.Li/c1-2-10-21-18(6-1)7-3-11-22(21)25(28-16-12-19-8-4-14-26-23(19)28)29-17-13-20-9-5-15-27-24(20)29;2*1-2-3;/h1-17H;2*1H3;/q-1;;;+1/p+4. The molecule has 0 atom stereocenters. The molecule has 8 heteroatoms. The first kappa shape index (κ1) is 26.3. The Balaban J connectivity index is 0.000000473. The monoisotopic (exact) mass is 465 g/mol. The number of H-pyrrole nitrogens is 2. The van der Waals surface area contributed by atoms with Gasteiger partial charge in [-0.25, -0.2) is 0 Å². The van der Waals surface area contributed by atoms with E-state index in [9.17, 15) is 0 Å². The zero-order chi connectivity index (χ0) is 24.6. The minimum atomic E-state index is -0.0339. The van der Waals surface area contributed by atoms with Crippen LogP contribution in [0.5, 0.6) is 0 Å². The van der Waals surface area contributed by atoms with Gasteiger partial charge >= 0.3 is 25.8 Å². The molecule has 6 rings (SSSR count). The summed E-state index contributed by atoms with van der Waals surface area (Å²) in [5.41, 5.74) is 3.46. The Bertz CT molecular complexity index is 1580. The first-order valence-electron chi connectivity index (χ1n) is 11.3. The zero-order valence-electron chi connectivity index (χ0n) is 20.8. The minimum absolute atomic E-state index is 0. The summed E-state index contributed by atoms with van der Waals surface area (Å²) in [5.74, 6) is 0. The molecular weight excluding hydrogens is 438 g/mol. The van der Waals surface area contributed by atoms with Crippen LogP contribution in [-0.4, -0.2) is 15.9 Å². The molecule has 0 spiro atoms. The summed E-state index contributed by atoms with van der Waals surface area (Å²) in [6.07, 6.45) is 8.31. The Morgan fingerprint density at radius 1 is 0.639 bits per heavy atom. The van der Waals surface area contributed by atoms with Crippen LogP contribution in [-0.2, 0) is 0 Å². The van der Waals surface area contributed by atoms with Gasteiger partial charge in [-0.1, -0.05) is 42.5 Å². The van der Waals surface area contributed by atoms with Crippen molar-refractivity contribution >= 4 is 45.3 Å². The van der Waals surface area contributed by atoms with Gasteiger partial charge in [-0.3, -0.25) is 9.97 Å². The Morgan fingerprint density at radius 3 is 1.67 bits per heavy atom. The molecule has 0 fully saturated rings. The van der Waals surface area contributed by atoms with Gasteiger partial charge in [-0.15, -0.1) is 16.0 Å². The van der Waals surface area contributed by atoms with Crippen LogP contribution in [0.25, 0.3) is 32.8 Å². The van der Waals surface area contributed by atoms with E-state index in [-0.39, 0.29) is 25.8 Å². The fourth-order valence-corrected chi connectivity index (χ4v) is 4.39. The molecule has 0 bridgehead atoms. The summed E-state index contributed by atoms with van der Waals surface area (Å²) in [6.45, 7) is 3.05. The molecule has 0 aliphatic heterocycles. The van der Waals surface area contributed by atoms with Crippen molar-refractivity contribution in [2.75, 3.05) is 0 Å². The molecule has 6 aromatic rings. The SMILES string of the molecule is CC#[NH+].CC#[NH+].[Li+].c1ccc2c([B-](n3ccc4ccc[nH+]c43)n3ccc4ccc[nH+]c43)cccc2c1. The van der Waals surface area contributed by atoms with Gasteiger partial charge in [0.1, 0.15) is 0 Å². The number of hydrogen-bond donors (Lipinski definition) is 2. The maximum Gasteiger partial charge on any atom is 1.00 e. The van der Waals surface area contributed by atoms with Gasteiger partial charge in [0.25, 0.3) is 12.1 Å². The molecule has 36 heavy (non-hydrogen) atoms. The number of aromatic nitrogens is 4. The third-order valence-electron chi connectivity index (χ3n) is 5.71. The van der Waals surface area contributed by atoms with Crippen LogP contribution in [0.15, 0.2) is 104 Å². The summed E-state index contributed by atoms with van der Waals surface area (Å²) in [6, 6.07) is 31.8. The van der Waals surface area contributed by atoms with Crippen molar-refractivity contribution < 1.29 is 39.4 Å². The molecule has 4 N–H and O–H groups in total. The van der Waals surface area contributed by atoms with Gasteiger partial charge in [0.2, 0.25) is 11.3 Å². The zero-order valence-corrected chi connectivity index (χ0v) is 20.8. The molecule has 0 aliphatic carbocycles. The maximum atomic E-state index is 5.96. The summed E-state index contributed by atoms with van der Waals surface area (Å²) in [7, 11) is 0. The first-order chi connectivity index (χ1) is 17.2. The number of pyridine rings is 2. The Kier molecular flexibility index (Phi) is 9.09. The number of nitrogens with zero attached hydrogens (tertiary/aromatic N) is 2. The number of aromatic amines is 2. The molecule has 4 aromatic heterocycles. The number of rotatable bonds is 3. The largest absolute Gasteiger partial charge is 1.00 e. The van der Waals surface area contributed by atoms with Gasteiger partial charge in [0, 0.05) is 12.4 Å². The van der Waals surface area contributed by atoms with E-state index in [1.807, 2.05) is 36.7 Å². The summed E-state index contributed by atoms with van der Waals surface area (Å²) in [4.78, 5) is 6.89. The van der Waals surface area contributed by atoms with Crippen LogP contribution in [0.3, 0.4) is 0 Å². The Labute approximate surface area is 222 Å². The topological polar surface area (TPSA) is 85.7 Å². The van der Waals surface area contributed by atoms with Crippen LogP contribution < -0.4 is 44.8 Å². The Hall–Kier alpha value is -4.28. The summed E-state index contributed by atoms with van der Waals surface area (Å²) in [5, 5.41) is 16.8. The van der Waals surface area contributed by atoms with Crippen molar-refractivity contribution in [3.8, 4) is 12.1 Å². The van der Waals surface area contributed by atoms with Crippen LogP contribution in [0.2, 0.25) is 0 Å². The van der Waals surface area contributed by atoms with Crippen molar-refractivity contribution in [1.82, 2.24) is 8.96 Å². The van der Waals surface area contributed by atoms with E-state index in [1.165, 1.54) is 27.0 Å². The fourth-order valence-electron chi connectivity index (χ4n) is 4.39. The van der Waals surface area contributed by atoms with Gasteiger partial charge in [-0.05, 0) is 47.2 Å². The van der Waals surface area contributed by atoms with E-state index in [1.54, 1.807) is 13.8 Å². The third-order valence-corrected chi connectivity index (χ3v) is 5.71. The minimum Gasteiger partial charge on any atom is -0.407 e. The molecular formula is C28H27BLiN6+4. The molecule has 0 unspecified atom stereocenters. The quantitative estimate of drug-likeness (QED) is 0.277. The molecule has 1 radical (unpaired) electrons. The van der Waals surface area contributed by atoms with Crippen molar-refractivity contribution in [1.29, 1.82) is 0 Å². The molecule has 0 amide bonds. The molecule has 169 valence electrons. The second-order valence-corrected chi connectivity index (χ2v) is 7.84. The number of fused-ring (bicyclic) bond motifs is 3. The molecule has 0 saturated carbocycles. The molecule has 0 saturated heterocycles. The number of hydrogen-bond acceptors (Lipinski definition) is 0. The molecule has 0 aliphatic rings. The van der Waals surface area contributed by atoms with Crippen molar-refractivity contribution in [3.05, 3.63) is 104 Å². The van der Waals surface area contributed by atoms with Crippen molar-refractivity contribution in [2.24, 2.45) is 0 Å². The smallest absolute Gasteiger partial charge is 0.407 e. The van der Waals surface area contributed by atoms with Crippen molar-refractivity contribution in [3.63, 3.8) is 0 Å². The van der Waals surface area contributed by atoms with Crippen LogP contribution >= 0.6 is 0 Å². The molecule has 6 nitrogen and oxygen atoms in total. The third kappa shape index (κ3) is 5.19. The second kappa shape index (κ2) is 12.4. The van der Waals surface area contributed by atoms with E-state index in [0.717, 1.165) is 11.3 Å². The van der Waals surface area contributed by atoms with Crippen molar-refractivity contribution in [2.45, 2.75) is 13.8 Å². The second-order valence-electron chi connectivity index (χ2n) is 7.84.